The summed E-state index contributed by atoms with van der Waals surface area (Å²) in [6.07, 6.45) is 3.46. The largest absolute Gasteiger partial charge is 0.481 e. The van der Waals surface area contributed by atoms with E-state index in [1.165, 1.54) is 0 Å². The average Bonchev–Trinajstić information content (AvgIpc) is 2.77. The molecule has 1 amide bonds. The third-order valence-electron chi connectivity index (χ3n) is 3.81. The highest BCUT2D eigenvalue weighted by Crippen LogP contribution is 2.24. The van der Waals surface area contributed by atoms with Crippen LogP contribution in [0.5, 0.6) is 0 Å². The Hall–Kier alpha value is -1.14. The zero-order valence-electron chi connectivity index (χ0n) is 10.3. The second-order valence-corrected chi connectivity index (χ2v) is 5.22. The van der Waals surface area contributed by atoms with Gasteiger partial charge in [0.2, 0.25) is 5.91 Å². The highest BCUT2D eigenvalue weighted by atomic mass is 16.5. The Labute approximate surface area is 106 Å². The van der Waals surface area contributed by atoms with E-state index in [0.29, 0.717) is 6.42 Å². The van der Waals surface area contributed by atoms with E-state index in [-0.39, 0.29) is 31.1 Å². The van der Waals surface area contributed by atoms with Crippen LogP contribution in [-0.4, -0.2) is 42.3 Å². The van der Waals surface area contributed by atoms with Gasteiger partial charge in [-0.25, -0.2) is 0 Å². The van der Waals surface area contributed by atoms with Crippen LogP contribution in [0.3, 0.4) is 0 Å². The number of ether oxygens (including phenoxy) is 1. The number of hydrogen-bond acceptors (Lipinski definition) is 4. The lowest BCUT2D eigenvalue weighted by Crippen LogP contribution is -2.46. The third-order valence-corrected chi connectivity index (χ3v) is 3.81. The van der Waals surface area contributed by atoms with Crippen molar-refractivity contribution in [1.29, 1.82) is 0 Å². The summed E-state index contributed by atoms with van der Waals surface area (Å²) in [4.78, 5) is 23.0. The Morgan fingerprint density at radius 3 is 2.72 bits per heavy atom. The first-order valence-electron chi connectivity index (χ1n) is 6.44. The first kappa shape index (κ1) is 13.3. The summed E-state index contributed by atoms with van der Waals surface area (Å²) >= 11 is 0. The van der Waals surface area contributed by atoms with Gasteiger partial charge in [0.05, 0.1) is 19.3 Å². The van der Waals surface area contributed by atoms with Crippen LogP contribution < -0.4 is 11.1 Å². The molecule has 2 rings (SSSR count). The molecule has 0 aromatic rings. The molecule has 0 radical (unpaired) electrons. The molecule has 102 valence electrons. The molecule has 6 heteroatoms. The van der Waals surface area contributed by atoms with E-state index in [9.17, 15) is 9.59 Å². The zero-order chi connectivity index (χ0) is 13.1. The van der Waals surface area contributed by atoms with Crippen LogP contribution in [0.4, 0.5) is 0 Å². The van der Waals surface area contributed by atoms with Crippen LogP contribution >= 0.6 is 0 Å². The standard InChI is InChI=1S/C12H20N2O4/c13-8-3-1-2-7(4-8)11(15)14-10-6-18-5-9(10)12(16)17/h7-10H,1-6,13H2,(H,14,15)(H,16,17). The number of carbonyl (C=O) groups excluding carboxylic acids is 1. The third kappa shape index (κ3) is 3.00. The lowest BCUT2D eigenvalue weighted by Gasteiger charge is -2.27. The Morgan fingerprint density at radius 2 is 2.06 bits per heavy atom. The highest BCUT2D eigenvalue weighted by Gasteiger charge is 2.36. The molecular weight excluding hydrogens is 236 g/mol. The summed E-state index contributed by atoms with van der Waals surface area (Å²) in [6.45, 7) is 0.450. The van der Waals surface area contributed by atoms with E-state index in [4.69, 9.17) is 15.6 Å². The number of nitrogens with two attached hydrogens (primary N) is 1. The van der Waals surface area contributed by atoms with Crippen molar-refractivity contribution in [1.82, 2.24) is 5.32 Å². The molecule has 2 fully saturated rings. The maximum atomic E-state index is 12.1. The monoisotopic (exact) mass is 256 g/mol. The van der Waals surface area contributed by atoms with Gasteiger partial charge < -0.3 is 20.9 Å². The van der Waals surface area contributed by atoms with Crippen LogP contribution in [0, 0.1) is 11.8 Å². The Morgan fingerprint density at radius 1 is 1.28 bits per heavy atom. The number of carboxylic acids is 1. The van der Waals surface area contributed by atoms with Crippen molar-refractivity contribution in [3.63, 3.8) is 0 Å². The topological polar surface area (TPSA) is 102 Å². The van der Waals surface area contributed by atoms with E-state index < -0.39 is 17.9 Å². The summed E-state index contributed by atoms with van der Waals surface area (Å²) in [6, 6.07) is -0.322. The molecule has 0 aromatic carbocycles. The lowest BCUT2D eigenvalue weighted by atomic mass is 9.85. The summed E-state index contributed by atoms with van der Waals surface area (Å²) in [5.74, 6) is -1.71. The van der Waals surface area contributed by atoms with Gasteiger partial charge in [-0.05, 0) is 19.3 Å². The molecule has 4 unspecified atom stereocenters. The fourth-order valence-electron chi connectivity index (χ4n) is 2.71. The van der Waals surface area contributed by atoms with E-state index in [1.807, 2.05) is 0 Å². The molecule has 6 nitrogen and oxygen atoms in total. The molecule has 0 bridgehead atoms. The van der Waals surface area contributed by atoms with Gasteiger partial charge in [0.15, 0.2) is 0 Å². The van der Waals surface area contributed by atoms with Gasteiger partial charge in [0.25, 0.3) is 0 Å². The summed E-state index contributed by atoms with van der Waals surface area (Å²) in [5.41, 5.74) is 5.85. The van der Waals surface area contributed by atoms with Crippen molar-refractivity contribution in [3.05, 3.63) is 0 Å². The quantitative estimate of drug-likeness (QED) is 0.644. The smallest absolute Gasteiger partial charge is 0.311 e. The second-order valence-electron chi connectivity index (χ2n) is 5.22. The number of aliphatic carboxylic acids is 1. The lowest BCUT2D eigenvalue weighted by molar-refractivity contribution is -0.142. The molecule has 18 heavy (non-hydrogen) atoms. The molecule has 1 heterocycles. The number of rotatable bonds is 3. The second kappa shape index (κ2) is 5.67. The van der Waals surface area contributed by atoms with E-state index in [2.05, 4.69) is 5.32 Å². The minimum Gasteiger partial charge on any atom is -0.481 e. The predicted octanol–water partition coefficient (Wildman–Crippen LogP) is -0.280. The maximum absolute atomic E-state index is 12.1. The van der Waals surface area contributed by atoms with Gasteiger partial charge in [0, 0.05) is 12.0 Å². The van der Waals surface area contributed by atoms with Gasteiger partial charge in [-0.3, -0.25) is 9.59 Å². The first-order chi connectivity index (χ1) is 8.58. The normalized spacial score (nSPS) is 36.3. The Kier molecular flexibility index (Phi) is 4.19. The molecule has 1 saturated heterocycles. The van der Waals surface area contributed by atoms with Crippen LogP contribution in [0.25, 0.3) is 0 Å². The molecule has 0 aromatic heterocycles. The molecule has 4 atom stereocenters. The SMILES string of the molecule is NC1CCCC(C(=O)NC2COCC2C(=O)O)C1. The van der Waals surface area contributed by atoms with Crippen LogP contribution in [0.15, 0.2) is 0 Å². The van der Waals surface area contributed by atoms with Crippen molar-refractivity contribution < 1.29 is 19.4 Å². The Bertz CT molecular complexity index is 334. The van der Waals surface area contributed by atoms with Crippen molar-refractivity contribution >= 4 is 11.9 Å². The molecule has 1 saturated carbocycles. The van der Waals surface area contributed by atoms with Crippen LogP contribution in [0.1, 0.15) is 25.7 Å². The van der Waals surface area contributed by atoms with Crippen LogP contribution in [-0.2, 0) is 14.3 Å². The average molecular weight is 256 g/mol. The van der Waals surface area contributed by atoms with Gasteiger partial charge >= 0.3 is 5.97 Å². The predicted molar refractivity (Wildman–Crippen MR) is 63.8 cm³/mol. The molecule has 1 aliphatic heterocycles. The van der Waals surface area contributed by atoms with E-state index >= 15 is 0 Å². The number of hydrogen-bond donors (Lipinski definition) is 3. The fraction of sp³-hybridized carbons (Fsp3) is 0.833. The van der Waals surface area contributed by atoms with E-state index in [0.717, 1.165) is 19.3 Å². The molecule has 2 aliphatic rings. The van der Waals surface area contributed by atoms with Gasteiger partial charge in [-0.1, -0.05) is 6.42 Å². The Balaban J connectivity index is 1.88. The van der Waals surface area contributed by atoms with Crippen LogP contribution in [0.2, 0.25) is 0 Å². The summed E-state index contributed by atoms with van der Waals surface area (Å²) < 4.78 is 5.12. The van der Waals surface area contributed by atoms with Crippen molar-refractivity contribution in [2.24, 2.45) is 17.6 Å². The van der Waals surface area contributed by atoms with E-state index in [1.54, 1.807) is 0 Å². The molecular formula is C12H20N2O4. The minimum absolute atomic E-state index is 0.0769. The molecule has 4 N–H and O–H groups in total. The van der Waals surface area contributed by atoms with Gasteiger partial charge in [0.1, 0.15) is 5.92 Å². The first-order valence-corrected chi connectivity index (χ1v) is 6.44. The number of carboxylic acid groups (broad SMARTS) is 1. The summed E-state index contributed by atoms with van der Waals surface area (Å²) in [5, 5.41) is 11.8. The van der Waals surface area contributed by atoms with Crippen molar-refractivity contribution in [2.45, 2.75) is 37.8 Å². The number of carbonyl (C=O) groups is 2. The van der Waals surface area contributed by atoms with Gasteiger partial charge in [-0.2, -0.15) is 0 Å². The van der Waals surface area contributed by atoms with Gasteiger partial charge in [-0.15, -0.1) is 0 Å². The highest BCUT2D eigenvalue weighted by molar-refractivity contribution is 5.80. The minimum atomic E-state index is -0.918. The number of nitrogens with one attached hydrogen (secondary N) is 1. The van der Waals surface area contributed by atoms with Crippen molar-refractivity contribution in [2.75, 3.05) is 13.2 Å². The van der Waals surface area contributed by atoms with Crippen molar-refractivity contribution in [3.8, 4) is 0 Å². The fourth-order valence-corrected chi connectivity index (χ4v) is 2.71. The zero-order valence-corrected chi connectivity index (χ0v) is 10.3. The summed E-state index contributed by atoms with van der Waals surface area (Å²) in [7, 11) is 0. The molecule has 1 aliphatic carbocycles. The molecule has 0 spiro atoms. The maximum Gasteiger partial charge on any atom is 0.311 e. The number of amides is 1.